The second-order valence-electron chi connectivity index (χ2n) is 6.77. The Kier molecular flexibility index (Phi) is 2.62. The molecule has 4 aliphatic rings. The number of nitrogens with one attached hydrogen (secondary N) is 2. The maximum Gasteiger partial charge on any atom is 0.317 e. The van der Waals surface area contributed by atoms with Crippen molar-refractivity contribution in [1.82, 2.24) is 20.4 Å². The molecule has 2 saturated carbocycles. The van der Waals surface area contributed by atoms with E-state index in [0.29, 0.717) is 31.6 Å². The van der Waals surface area contributed by atoms with Crippen molar-refractivity contribution in [3.05, 3.63) is 0 Å². The van der Waals surface area contributed by atoms with Crippen LogP contribution in [0.5, 0.6) is 0 Å². The van der Waals surface area contributed by atoms with E-state index in [-0.39, 0.29) is 18.1 Å². The van der Waals surface area contributed by atoms with Crippen LogP contribution < -0.4 is 10.6 Å². The third-order valence-electron chi connectivity index (χ3n) is 5.45. The van der Waals surface area contributed by atoms with Gasteiger partial charge in [-0.15, -0.1) is 0 Å². The lowest BCUT2D eigenvalue weighted by atomic mass is 10.0. The Labute approximate surface area is 118 Å². The fourth-order valence-corrected chi connectivity index (χ4v) is 3.74. The molecule has 1 atom stereocenters. The molecule has 4 rings (SSSR count). The molecule has 2 aliphatic carbocycles. The monoisotopic (exact) mass is 278 g/mol. The van der Waals surface area contributed by atoms with Gasteiger partial charge in [0.05, 0.1) is 6.04 Å². The quantitative estimate of drug-likeness (QED) is 0.794. The lowest BCUT2D eigenvalue weighted by molar-refractivity contribution is 0.128. The van der Waals surface area contributed by atoms with Gasteiger partial charge in [0.25, 0.3) is 0 Å². The number of carbonyl (C=O) groups is 2. The van der Waals surface area contributed by atoms with Gasteiger partial charge in [-0.25, -0.2) is 9.59 Å². The van der Waals surface area contributed by atoms with Crippen molar-refractivity contribution in [3.8, 4) is 0 Å². The first kappa shape index (κ1) is 12.3. The predicted octanol–water partition coefficient (Wildman–Crippen LogP) is 0.596. The van der Waals surface area contributed by atoms with Gasteiger partial charge in [-0.05, 0) is 37.0 Å². The summed E-state index contributed by atoms with van der Waals surface area (Å²) in [6, 6.07) is 0.219. The molecule has 6 heteroatoms. The van der Waals surface area contributed by atoms with Crippen LogP contribution in [0.25, 0.3) is 0 Å². The maximum atomic E-state index is 12.3. The number of piperazine rings is 1. The topological polar surface area (TPSA) is 64.7 Å². The summed E-state index contributed by atoms with van der Waals surface area (Å²) in [6.45, 7) is 3.46. The Morgan fingerprint density at radius 3 is 2.85 bits per heavy atom. The fourth-order valence-electron chi connectivity index (χ4n) is 3.74. The van der Waals surface area contributed by atoms with Crippen molar-refractivity contribution >= 4 is 12.1 Å². The van der Waals surface area contributed by atoms with Gasteiger partial charge >= 0.3 is 12.1 Å². The molecular formula is C14H22N4O2. The first-order valence-corrected chi connectivity index (χ1v) is 7.75. The van der Waals surface area contributed by atoms with Gasteiger partial charge in [-0.3, -0.25) is 0 Å². The summed E-state index contributed by atoms with van der Waals surface area (Å²) in [5.41, 5.74) is 0.447. The second-order valence-corrected chi connectivity index (χ2v) is 6.77. The summed E-state index contributed by atoms with van der Waals surface area (Å²) < 4.78 is 0. The molecule has 2 saturated heterocycles. The number of nitrogens with zero attached hydrogens (tertiary/aromatic N) is 2. The maximum absolute atomic E-state index is 12.3. The summed E-state index contributed by atoms with van der Waals surface area (Å²) in [7, 11) is 0. The molecule has 0 radical (unpaired) electrons. The average Bonchev–Trinajstić information content (AvgIpc) is 3.35. The number of hydrogen-bond donors (Lipinski definition) is 2. The van der Waals surface area contributed by atoms with E-state index in [9.17, 15) is 9.59 Å². The summed E-state index contributed by atoms with van der Waals surface area (Å²) >= 11 is 0. The van der Waals surface area contributed by atoms with E-state index >= 15 is 0 Å². The first-order valence-electron chi connectivity index (χ1n) is 7.75. The average molecular weight is 278 g/mol. The van der Waals surface area contributed by atoms with Crippen molar-refractivity contribution in [3.63, 3.8) is 0 Å². The molecule has 110 valence electrons. The van der Waals surface area contributed by atoms with E-state index in [4.69, 9.17) is 0 Å². The van der Waals surface area contributed by atoms with Crippen molar-refractivity contribution in [1.29, 1.82) is 0 Å². The van der Waals surface area contributed by atoms with E-state index in [1.54, 1.807) is 0 Å². The highest BCUT2D eigenvalue weighted by molar-refractivity contribution is 5.78. The predicted molar refractivity (Wildman–Crippen MR) is 73.3 cm³/mol. The summed E-state index contributed by atoms with van der Waals surface area (Å²) in [5, 5.41) is 5.97. The molecule has 0 unspecified atom stereocenters. The van der Waals surface area contributed by atoms with Crippen LogP contribution in [-0.2, 0) is 0 Å². The van der Waals surface area contributed by atoms with Gasteiger partial charge in [-0.1, -0.05) is 0 Å². The number of carbonyl (C=O) groups excluding carboxylic acids is 2. The zero-order chi connectivity index (χ0) is 13.7. The molecule has 4 amide bonds. The van der Waals surface area contributed by atoms with Crippen LogP contribution in [0.1, 0.15) is 25.7 Å². The molecule has 2 heterocycles. The number of urea groups is 2. The van der Waals surface area contributed by atoms with Gasteiger partial charge in [0.2, 0.25) is 0 Å². The molecule has 4 fully saturated rings. The fraction of sp³-hybridized carbons (Fsp3) is 0.857. The van der Waals surface area contributed by atoms with Crippen LogP contribution in [0.4, 0.5) is 9.59 Å². The van der Waals surface area contributed by atoms with Crippen LogP contribution in [0.3, 0.4) is 0 Å². The Bertz CT molecular complexity index is 444. The summed E-state index contributed by atoms with van der Waals surface area (Å²) in [5.74, 6) is 0.872. The van der Waals surface area contributed by atoms with Crippen LogP contribution in [0, 0.1) is 11.3 Å². The molecule has 20 heavy (non-hydrogen) atoms. The second kappa shape index (κ2) is 4.27. The number of amides is 4. The summed E-state index contributed by atoms with van der Waals surface area (Å²) in [4.78, 5) is 27.5. The third-order valence-corrected chi connectivity index (χ3v) is 5.45. The highest BCUT2D eigenvalue weighted by atomic mass is 16.2. The van der Waals surface area contributed by atoms with Crippen LogP contribution >= 0.6 is 0 Å². The summed E-state index contributed by atoms with van der Waals surface area (Å²) in [6.07, 6.45) is 5.27. The van der Waals surface area contributed by atoms with Crippen LogP contribution in [0.2, 0.25) is 0 Å². The lowest BCUT2D eigenvalue weighted by Crippen LogP contribution is -2.56. The number of fused-ring (bicyclic) bond motifs is 1. The minimum absolute atomic E-state index is 0.0146. The normalized spacial score (nSPS) is 30.8. The van der Waals surface area contributed by atoms with Gasteiger partial charge in [0, 0.05) is 32.7 Å². The lowest BCUT2D eigenvalue weighted by Gasteiger charge is -2.36. The Hall–Kier alpha value is -1.46. The van der Waals surface area contributed by atoms with E-state index in [2.05, 4.69) is 10.6 Å². The van der Waals surface area contributed by atoms with Crippen LogP contribution in [0.15, 0.2) is 0 Å². The zero-order valence-corrected chi connectivity index (χ0v) is 11.7. The van der Waals surface area contributed by atoms with E-state index < -0.39 is 0 Å². The Morgan fingerprint density at radius 2 is 2.15 bits per heavy atom. The largest absolute Gasteiger partial charge is 0.337 e. The van der Waals surface area contributed by atoms with Gasteiger partial charge in [-0.2, -0.15) is 0 Å². The molecule has 6 nitrogen and oxygen atoms in total. The smallest absolute Gasteiger partial charge is 0.317 e. The highest BCUT2D eigenvalue weighted by Gasteiger charge is 2.53. The number of hydrogen-bond acceptors (Lipinski definition) is 2. The van der Waals surface area contributed by atoms with Crippen molar-refractivity contribution in [2.75, 3.05) is 32.7 Å². The Balaban J connectivity index is 1.30. The molecule has 0 spiro atoms. The molecule has 0 aromatic rings. The van der Waals surface area contributed by atoms with Gasteiger partial charge in [0.15, 0.2) is 0 Å². The molecule has 2 aliphatic heterocycles. The molecule has 0 aromatic carbocycles. The van der Waals surface area contributed by atoms with E-state index in [1.165, 1.54) is 25.7 Å². The minimum Gasteiger partial charge on any atom is -0.337 e. The molecular weight excluding hydrogens is 256 g/mol. The van der Waals surface area contributed by atoms with Crippen molar-refractivity contribution in [2.24, 2.45) is 11.3 Å². The standard InChI is InChI=1S/C14H22N4O2/c19-12(16-9-14(3-4-14)10-1-2-10)17-5-6-18-11(8-17)7-15-13(18)20/h10-11H,1-9H2,(H,15,20)(H,16,19)/t11-/m0/s1. The highest BCUT2D eigenvalue weighted by Crippen LogP contribution is 2.60. The third kappa shape index (κ3) is 2.01. The zero-order valence-electron chi connectivity index (χ0n) is 11.7. The van der Waals surface area contributed by atoms with Gasteiger partial charge in [0.1, 0.15) is 0 Å². The van der Waals surface area contributed by atoms with Crippen LogP contribution in [-0.4, -0.2) is 60.6 Å². The van der Waals surface area contributed by atoms with Gasteiger partial charge < -0.3 is 20.4 Å². The van der Waals surface area contributed by atoms with Crippen molar-refractivity contribution < 1.29 is 9.59 Å². The van der Waals surface area contributed by atoms with E-state index in [0.717, 1.165) is 12.5 Å². The van der Waals surface area contributed by atoms with Crippen molar-refractivity contribution in [2.45, 2.75) is 31.7 Å². The Morgan fingerprint density at radius 1 is 1.35 bits per heavy atom. The SMILES string of the molecule is O=C(NCC1(C2CC2)CC1)N1CCN2C(=O)NC[C@H]2C1. The number of rotatable bonds is 3. The molecule has 2 N–H and O–H groups in total. The van der Waals surface area contributed by atoms with E-state index in [1.807, 2.05) is 9.80 Å². The molecule has 0 aromatic heterocycles. The first-order chi connectivity index (χ1) is 9.68. The minimum atomic E-state index is 0.0146. The molecule has 0 bridgehead atoms.